The van der Waals surface area contributed by atoms with E-state index >= 15 is 0 Å². The molecule has 12 nitrogen and oxygen atoms in total. The first-order valence-corrected chi connectivity index (χ1v) is 14.2. The van der Waals surface area contributed by atoms with Crippen molar-refractivity contribution in [3.05, 3.63) is 29.0 Å². The number of carboxylic acid groups (broad SMARTS) is 2. The number of benzene rings is 1. The molecule has 2 fully saturated rings. The summed E-state index contributed by atoms with van der Waals surface area (Å²) in [5, 5.41) is 29.6. The Balaban J connectivity index is 1.46. The third-order valence-corrected chi connectivity index (χ3v) is 8.19. The van der Waals surface area contributed by atoms with Crippen LogP contribution in [-0.2, 0) is 16.1 Å². The normalized spacial score (nSPS) is 21.9. The molecule has 0 bridgehead atoms. The van der Waals surface area contributed by atoms with Crippen LogP contribution in [0.5, 0.6) is 5.75 Å². The van der Waals surface area contributed by atoms with Crippen LogP contribution in [0.2, 0.25) is 5.02 Å². The van der Waals surface area contributed by atoms with Gasteiger partial charge in [-0.1, -0.05) is 37.3 Å². The Morgan fingerprint density at radius 2 is 1.65 bits per heavy atom. The maximum absolute atomic E-state index is 11.6. The number of aromatic nitrogens is 3. The van der Waals surface area contributed by atoms with E-state index in [1.165, 1.54) is 25.7 Å². The fourth-order valence-electron chi connectivity index (χ4n) is 5.59. The van der Waals surface area contributed by atoms with Crippen molar-refractivity contribution < 1.29 is 29.0 Å². The van der Waals surface area contributed by atoms with Gasteiger partial charge in [-0.15, -0.1) is 0 Å². The number of aliphatic carboxylic acids is 2. The number of nitrogens with zero attached hydrogens (tertiary/aromatic N) is 4. The van der Waals surface area contributed by atoms with Gasteiger partial charge >= 0.3 is 11.9 Å². The van der Waals surface area contributed by atoms with Crippen LogP contribution in [0.4, 0.5) is 17.6 Å². The Labute approximate surface area is 239 Å². The van der Waals surface area contributed by atoms with Crippen molar-refractivity contribution in [1.29, 1.82) is 0 Å². The lowest BCUT2D eigenvalue weighted by Gasteiger charge is -2.42. The molecule has 1 aromatic heterocycles. The summed E-state index contributed by atoms with van der Waals surface area (Å²) in [7, 11) is 3.26. The molecule has 1 saturated carbocycles. The molecule has 40 heavy (non-hydrogen) atoms. The van der Waals surface area contributed by atoms with Gasteiger partial charge in [0.2, 0.25) is 11.9 Å². The second kappa shape index (κ2) is 13.4. The maximum Gasteiger partial charge on any atom is 0.374 e. The molecule has 1 aliphatic carbocycles. The van der Waals surface area contributed by atoms with Crippen LogP contribution in [0.25, 0.3) is 0 Å². The summed E-state index contributed by atoms with van der Waals surface area (Å²) in [6.07, 6.45) is 8.27. The number of hydrogen-bond donors (Lipinski definition) is 5. The Hall–Kier alpha value is -3.22. The van der Waals surface area contributed by atoms with E-state index < -0.39 is 18.0 Å². The van der Waals surface area contributed by atoms with Gasteiger partial charge in [0, 0.05) is 30.6 Å². The SMILES string of the molecule is COc1ccc(Nc2nc(CNC3CC[N+](C)(C(C(=O)O)C(=O)O)CC3)nc(NC3CCCCCC3)n2)cc1Cl. The van der Waals surface area contributed by atoms with Crippen molar-refractivity contribution in [2.45, 2.75) is 76.0 Å². The van der Waals surface area contributed by atoms with Crippen LogP contribution in [0.3, 0.4) is 0 Å². The van der Waals surface area contributed by atoms with E-state index in [4.69, 9.17) is 21.3 Å². The number of quaternary nitrogens is 1. The topological polar surface area (TPSA) is 159 Å². The van der Waals surface area contributed by atoms with Gasteiger partial charge in [0.05, 0.1) is 38.8 Å². The van der Waals surface area contributed by atoms with Crippen LogP contribution >= 0.6 is 11.6 Å². The molecule has 0 atom stereocenters. The monoisotopic (exact) mass is 576 g/mol. The van der Waals surface area contributed by atoms with Gasteiger partial charge in [0.25, 0.3) is 6.04 Å². The molecule has 13 heteroatoms. The summed E-state index contributed by atoms with van der Waals surface area (Å²) in [6, 6.07) is 4.28. The van der Waals surface area contributed by atoms with Crippen molar-refractivity contribution in [3.63, 3.8) is 0 Å². The number of carboxylic acids is 2. The van der Waals surface area contributed by atoms with Crippen molar-refractivity contribution in [2.75, 3.05) is 37.9 Å². The highest BCUT2D eigenvalue weighted by Crippen LogP contribution is 2.29. The Kier molecular flexibility index (Phi) is 9.99. The zero-order valence-corrected chi connectivity index (χ0v) is 23.8. The zero-order chi connectivity index (χ0) is 28.7. The number of nitrogens with one attached hydrogen (secondary N) is 3. The number of rotatable bonds is 11. The van der Waals surface area contributed by atoms with Gasteiger partial charge in [-0.25, -0.2) is 9.59 Å². The van der Waals surface area contributed by atoms with Gasteiger partial charge < -0.3 is 35.4 Å². The zero-order valence-electron chi connectivity index (χ0n) is 23.0. The van der Waals surface area contributed by atoms with Gasteiger partial charge in [-0.3, -0.25) is 0 Å². The Morgan fingerprint density at radius 1 is 1.00 bits per heavy atom. The Morgan fingerprint density at radius 3 is 2.25 bits per heavy atom. The van der Waals surface area contributed by atoms with E-state index in [9.17, 15) is 19.8 Å². The second-order valence-corrected chi connectivity index (χ2v) is 11.3. The lowest BCUT2D eigenvalue weighted by atomic mass is 10.00. The minimum atomic E-state index is -1.47. The maximum atomic E-state index is 11.6. The fraction of sp³-hybridized carbons (Fsp3) is 0.593. The van der Waals surface area contributed by atoms with Gasteiger partial charge in [-0.05, 0) is 31.0 Å². The highest BCUT2D eigenvalue weighted by molar-refractivity contribution is 6.32. The van der Waals surface area contributed by atoms with Crippen LogP contribution in [0.1, 0.15) is 57.2 Å². The van der Waals surface area contributed by atoms with Crippen LogP contribution in [-0.4, -0.2) is 87.0 Å². The molecular weight excluding hydrogens is 538 g/mol. The fourth-order valence-corrected chi connectivity index (χ4v) is 5.85. The molecular formula is C27H39ClN7O5+. The van der Waals surface area contributed by atoms with Crippen molar-refractivity contribution in [2.24, 2.45) is 0 Å². The molecule has 218 valence electrons. The number of ether oxygens (including phenoxy) is 1. The van der Waals surface area contributed by atoms with Crippen LogP contribution in [0, 0.1) is 0 Å². The summed E-state index contributed by atoms with van der Waals surface area (Å²) in [5.41, 5.74) is 0.715. The highest BCUT2D eigenvalue weighted by atomic mass is 35.5. The summed E-state index contributed by atoms with van der Waals surface area (Å²) < 4.78 is 5.22. The van der Waals surface area contributed by atoms with Crippen molar-refractivity contribution in [1.82, 2.24) is 20.3 Å². The predicted octanol–water partition coefficient (Wildman–Crippen LogP) is 3.65. The largest absolute Gasteiger partial charge is 0.495 e. The molecule has 1 aliphatic heterocycles. The third kappa shape index (κ3) is 7.70. The molecule has 0 unspecified atom stereocenters. The quantitative estimate of drug-likeness (QED) is 0.151. The van der Waals surface area contributed by atoms with E-state index in [-0.39, 0.29) is 10.5 Å². The lowest BCUT2D eigenvalue weighted by molar-refractivity contribution is -0.922. The number of methoxy groups -OCH3 is 1. The number of carbonyl (C=O) groups is 2. The minimum Gasteiger partial charge on any atom is -0.495 e. The highest BCUT2D eigenvalue weighted by Gasteiger charge is 2.46. The Bertz CT molecular complexity index is 1170. The van der Waals surface area contributed by atoms with Gasteiger partial charge in [0.15, 0.2) is 0 Å². The number of hydrogen-bond acceptors (Lipinski definition) is 9. The first kappa shape index (κ1) is 29.8. The van der Waals surface area contributed by atoms with Gasteiger partial charge in [-0.2, -0.15) is 15.0 Å². The number of piperidine rings is 1. The molecule has 1 aromatic carbocycles. The molecule has 4 rings (SSSR count). The van der Waals surface area contributed by atoms with Crippen molar-refractivity contribution >= 4 is 41.1 Å². The number of likely N-dealkylation sites (tertiary alicyclic amines) is 1. The van der Waals surface area contributed by atoms with E-state index in [1.54, 1.807) is 26.3 Å². The predicted molar refractivity (Wildman–Crippen MR) is 151 cm³/mol. The molecule has 1 saturated heterocycles. The molecule has 0 radical (unpaired) electrons. The first-order valence-electron chi connectivity index (χ1n) is 13.8. The molecule has 2 heterocycles. The van der Waals surface area contributed by atoms with Crippen LogP contribution in [0.15, 0.2) is 18.2 Å². The summed E-state index contributed by atoms with van der Waals surface area (Å²) in [5.74, 6) is -0.576. The summed E-state index contributed by atoms with van der Waals surface area (Å²) in [4.78, 5) is 37.1. The molecule has 0 amide bonds. The molecule has 2 aromatic rings. The number of anilines is 3. The number of halogens is 1. The van der Waals surface area contributed by atoms with E-state index in [0.717, 1.165) is 12.8 Å². The summed E-state index contributed by atoms with van der Waals surface area (Å²) >= 11 is 6.31. The molecule has 5 N–H and O–H groups in total. The van der Waals surface area contributed by atoms with Gasteiger partial charge in [0.1, 0.15) is 11.6 Å². The van der Waals surface area contributed by atoms with Crippen molar-refractivity contribution in [3.8, 4) is 5.75 Å². The molecule has 2 aliphatic rings. The summed E-state index contributed by atoms with van der Waals surface area (Å²) in [6.45, 7) is 1.27. The minimum absolute atomic E-state index is 0.0252. The molecule has 0 spiro atoms. The van der Waals surface area contributed by atoms with E-state index in [1.807, 2.05) is 6.07 Å². The van der Waals surface area contributed by atoms with E-state index in [2.05, 4.69) is 25.9 Å². The average Bonchev–Trinajstić information content (AvgIpc) is 3.16. The average molecular weight is 577 g/mol. The second-order valence-electron chi connectivity index (χ2n) is 10.9. The number of likely N-dealkylation sites (N-methyl/N-ethyl adjacent to an activating group) is 1. The van der Waals surface area contributed by atoms with E-state index in [0.29, 0.717) is 72.7 Å². The standard InChI is InChI=1S/C27H38ClN7O5/c1-35(23(24(36)37)25(38)39)13-11-17(12-14-35)29-16-22-32-26(30-18-7-5-3-4-6-8-18)34-27(33-22)31-19-9-10-21(40-2)20(28)15-19/h9-10,15,17-18,23,29H,3-8,11-14,16H2,1-2H3,(H3-,30,31,32,33,34,36,37,38,39)/p+1. The third-order valence-electron chi connectivity index (χ3n) is 7.89. The lowest BCUT2D eigenvalue weighted by Crippen LogP contribution is -2.63. The first-order chi connectivity index (χ1) is 19.2. The smallest absolute Gasteiger partial charge is 0.374 e. The van der Waals surface area contributed by atoms with Crippen LogP contribution < -0.4 is 20.7 Å².